The predicted molar refractivity (Wildman–Crippen MR) is 88.2 cm³/mol. The van der Waals surface area contributed by atoms with Gasteiger partial charge < -0.3 is 9.64 Å². The first kappa shape index (κ1) is 18.0. The molecule has 4 nitrogen and oxygen atoms in total. The molecule has 0 aromatic heterocycles. The van der Waals surface area contributed by atoms with Gasteiger partial charge in [-0.1, -0.05) is 55.8 Å². The Labute approximate surface area is 132 Å². The fourth-order valence-electron chi connectivity index (χ4n) is 2.25. The average Bonchev–Trinajstić information content (AvgIpc) is 2.58. The quantitative estimate of drug-likeness (QED) is 0.622. The molecule has 22 heavy (non-hydrogen) atoms. The molecule has 1 aliphatic heterocycles. The Morgan fingerprint density at radius 3 is 2.27 bits per heavy atom. The molecular formula is C18H25NO3. The maximum Gasteiger partial charge on any atom is 0.397 e. The van der Waals surface area contributed by atoms with E-state index in [1.165, 1.54) is 11.1 Å². The van der Waals surface area contributed by atoms with Crippen LogP contribution in [0.15, 0.2) is 35.9 Å². The number of carbonyl (C=O) groups excluding carboxylic acids is 2. The molecule has 0 spiro atoms. The molecule has 1 saturated heterocycles. The second-order valence-electron chi connectivity index (χ2n) is 4.73. The minimum absolute atomic E-state index is 0.234. The number of amides is 1. The summed E-state index contributed by atoms with van der Waals surface area (Å²) in [6.07, 6.45) is 3.77. The summed E-state index contributed by atoms with van der Waals surface area (Å²) in [7, 11) is 0. The van der Waals surface area contributed by atoms with E-state index in [9.17, 15) is 9.59 Å². The number of nitrogens with zero attached hydrogens (tertiary/aromatic N) is 1. The number of rotatable bonds is 2. The highest BCUT2D eigenvalue weighted by molar-refractivity contribution is 6.32. The lowest BCUT2D eigenvalue weighted by atomic mass is 10.0. The van der Waals surface area contributed by atoms with Crippen LogP contribution in [0.5, 0.6) is 0 Å². The van der Waals surface area contributed by atoms with Crippen molar-refractivity contribution in [3.05, 3.63) is 41.5 Å². The van der Waals surface area contributed by atoms with Crippen molar-refractivity contribution in [2.24, 2.45) is 0 Å². The van der Waals surface area contributed by atoms with E-state index in [4.69, 9.17) is 4.74 Å². The number of hydrogen-bond donors (Lipinski definition) is 0. The van der Waals surface area contributed by atoms with E-state index >= 15 is 0 Å². The standard InChI is InChI=1S/C16H19NO3.C2H6/c1-2-20-16(19)15(18)17-10-8-14(9-11-17)12-13-6-4-3-5-7-13;1-2/h3-7,12H,2,8-11H2,1H3;1-2H3. The fraction of sp³-hybridized carbons (Fsp3) is 0.444. The molecular weight excluding hydrogens is 278 g/mol. The summed E-state index contributed by atoms with van der Waals surface area (Å²) in [4.78, 5) is 24.7. The van der Waals surface area contributed by atoms with Gasteiger partial charge in [0.1, 0.15) is 0 Å². The Balaban J connectivity index is 0.00000116. The van der Waals surface area contributed by atoms with Crippen LogP contribution in [-0.2, 0) is 14.3 Å². The SMILES string of the molecule is CC.CCOC(=O)C(=O)N1CCC(=Cc2ccccc2)CC1. The highest BCUT2D eigenvalue weighted by Gasteiger charge is 2.25. The minimum atomic E-state index is -0.747. The molecule has 0 atom stereocenters. The van der Waals surface area contributed by atoms with Crippen molar-refractivity contribution in [1.29, 1.82) is 0 Å². The topological polar surface area (TPSA) is 46.6 Å². The highest BCUT2D eigenvalue weighted by atomic mass is 16.5. The van der Waals surface area contributed by atoms with Crippen molar-refractivity contribution in [2.75, 3.05) is 19.7 Å². The molecule has 120 valence electrons. The van der Waals surface area contributed by atoms with Gasteiger partial charge in [-0.15, -0.1) is 0 Å². The van der Waals surface area contributed by atoms with E-state index in [1.54, 1.807) is 11.8 Å². The molecule has 0 radical (unpaired) electrons. The van der Waals surface area contributed by atoms with Crippen molar-refractivity contribution >= 4 is 18.0 Å². The molecule has 2 rings (SSSR count). The second kappa shape index (κ2) is 9.77. The lowest BCUT2D eigenvalue weighted by molar-refractivity contribution is -0.160. The lowest BCUT2D eigenvalue weighted by Crippen LogP contribution is -2.41. The number of likely N-dealkylation sites (tertiary alicyclic amines) is 1. The molecule has 1 aromatic carbocycles. The first-order valence-corrected chi connectivity index (χ1v) is 7.91. The normalized spacial score (nSPS) is 13.8. The van der Waals surface area contributed by atoms with Crippen molar-refractivity contribution in [2.45, 2.75) is 33.6 Å². The van der Waals surface area contributed by atoms with Crippen LogP contribution in [0, 0.1) is 0 Å². The first-order chi connectivity index (χ1) is 10.7. The van der Waals surface area contributed by atoms with Gasteiger partial charge in [-0.05, 0) is 25.3 Å². The molecule has 0 N–H and O–H groups in total. The van der Waals surface area contributed by atoms with Crippen molar-refractivity contribution in [1.82, 2.24) is 4.90 Å². The summed E-state index contributed by atoms with van der Waals surface area (Å²) in [5, 5.41) is 0. The van der Waals surface area contributed by atoms with E-state index in [0.717, 1.165) is 12.8 Å². The predicted octanol–water partition coefficient (Wildman–Crippen LogP) is 3.28. The molecule has 1 aromatic rings. The zero-order chi connectivity index (χ0) is 16.4. The number of ether oxygens (including phenoxy) is 1. The summed E-state index contributed by atoms with van der Waals surface area (Å²) in [6, 6.07) is 10.1. The van der Waals surface area contributed by atoms with E-state index in [0.29, 0.717) is 13.1 Å². The summed E-state index contributed by atoms with van der Waals surface area (Å²) >= 11 is 0. The zero-order valence-corrected chi connectivity index (χ0v) is 13.7. The van der Waals surface area contributed by atoms with E-state index in [-0.39, 0.29) is 6.61 Å². The Morgan fingerprint density at radius 1 is 1.14 bits per heavy atom. The van der Waals surface area contributed by atoms with Crippen LogP contribution in [-0.4, -0.2) is 36.5 Å². The third-order valence-corrected chi connectivity index (χ3v) is 3.31. The van der Waals surface area contributed by atoms with Crippen LogP contribution in [0.25, 0.3) is 6.08 Å². The van der Waals surface area contributed by atoms with Crippen molar-refractivity contribution in [3.8, 4) is 0 Å². The highest BCUT2D eigenvalue weighted by Crippen LogP contribution is 2.19. The second-order valence-corrected chi connectivity index (χ2v) is 4.73. The summed E-state index contributed by atoms with van der Waals surface area (Å²) < 4.78 is 4.73. The smallest absolute Gasteiger partial charge is 0.397 e. The van der Waals surface area contributed by atoms with Crippen LogP contribution in [0.2, 0.25) is 0 Å². The molecule has 0 bridgehead atoms. The summed E-state index contributed by atoms with van der Waals surface area (Å²) in [5.41, 5.74) is 2.48. The molecule has 0 saturated carbocycles. The number of carbonyl (C=O) groups is 2. The maximum atomic E-state index is 11.8. The Bertz CT molecular complexity index is 498. The van der Waals surface area contributed by atoms with Gasteiger partial charge in [0.25, 0.3) is 0 Å². The lowest BCUT2D eigenvalue weighted by Gasteiger charge is -2.27. The van der Waals surface area contributed by atoms with Gasteiger partial charge in [-0.3, -0.25) is 4.79 Å². The number of hydrogen-bond acceptors (Lipinski definition) is 3. The summed E-state index contributed by atoms with van der Waals surface area (Å²) in [5.74, 6) is -1.27. The largest absolute Gasteiger partial charge is 0.459 e. The van der Waals surface area contributed by atoms with E-state index in [1.807, 2.05) is 32.0 Å². The van der Waals surface area contributed by atoms with Gasteiger partial charge in [-0.2, -0.15) is 0 Å². The first-order valence-electron chi connectivity index (χ1n) is 7.91. The van der Waals surface area contributed by atoms with Crippen molar-refractivity contribution in [3.63, 3.8) is 0 Å². The minimum Gasteiger partial charge on any atom is -0.459 e. The van der Waals surface area contributed by atoms with Gasteiger partial charge in [0.15, 0.2) is 0 Å². The Kier molecular flexibility index (Phi) is 7.97. The number of benzene rings is 1. The van der Waals surface area contributed by atoms with E-state index < -0.39 is 11.9 Å². The maximum absolute atomic E-state index is 11.8. The van der Waals surface area contributed by atoms with E-state index in [2.05, 4.69) is 18.2 Å². The third kappa shape index (κ3) is 5.35. The average molecular weight is 303 g/mol. The van der Waals surface area contributed by atoms with Gasteiger partial charge in [0, 0.05) is 13.1 Å². The Morgan fingerprint density at radius 2 is 1.73 bits per heavy atom. The molecule has 0 unspecified atom stereocenters. The van der Waals surface area contributed by atoms with Gasteiger partial charge in [0.2, 0.25) is 0 Å². The summed E-state index contributed by atoms with van der Waals surface area (Å²) in [6.45, 7) is 7.09. The molecule has 1 amide bonds. The molecule has 4 heteroatoms. The monoisotopic (exact) mass is 303 g/mol. The number of piperidine rings is 1. The van der Waals surface area contributed by atoms with Crippen LogP contribution < -0.4 is 0 Å². The molecule has 1 heterocycles. The van der Waals surface area contributed by atoms with Crippen LogP contribution in [0.1, 0.15) is 39.2 Å². The molecule has 1 fully saturated rings. The number of esters is 1. The van der Waals surface area contributed by atoms with Gasteiger partial charge >= 0.3 is 11.9 Å². The fourth-order valence-corrected chi connectivity index (χ4v) is 2.25. The molecule has 1 aliphatic rings. The van der Waals surface area contributed by atoms with Crippen LogP contribution in [0.3, 0.4) is 0 Å². The van der Waals surface area contributed by atoms with Crippen LogP contribution >= 0.6 is 0 Å². The van der Waals surface area contributed by atoms with Crippen molar-refractivity contribution < 1.29 is 14.3 Å². The Hall–Kier alpha value is -2.10. The van der Waals surface area contributed by atoms with Crippen LogP contribution in [0.4, 0.5) is 0 Å². The van der Waals surface area contributed by atoms with Gasteiger partial charge in [0.05, 0.1) is 6.61 Å². The third-order valence-electron chi connectivity index (χ3n) is 3.31. The zero-order valence-electron chi connectivity index (χ0n) is 13.7. The van der Waals surface area contributed by atoms with Gasteiger partial charge in [-0.25, -0.2) is 4.79 Å². The molecule has 0 aliphatic carbocycles.